The summed E-state index contributed by atoms with van der Waals surface area (Å²) in [6.07, 6.45) is 0. The van der Waals surface area contributed by atoms with Gasteiger partial charge in [-0.1, -0.05) is 18.2 Å². The van der Waals surface area contributed by atoms with Gasteiger partial charge in [0, 0.05) is 11.3 Å². The van der Waals surface area contributed by atoms with Gasteiger partial charge in [0.1, 0.15) is 5.69 Å². The van der Waals surface area contributed by atoms with E-state index in [2.05, 4.69) is 20.7 Å². The third kappa shape index (κ3) is 4.75. The fraction of sp³-hybridized carbons (Fsp3) is 0.238. The molecule has 30 heavy (non-hydrogen) atoms. The molecule has 9 nitrogen and oxygen atoms in total. The number of esters is 1. The van der Waals surface area contributed by atoms with Crippen molar-refractivity contribution in [1.82, 2.24) is 15.4 Å². The summed E-state index contributed by atoms with van der Waals surface area (Å²) >= 11 is 0. The van der Waals surface area contributed by atoms with Crippen LogP contribution in [-0.2, 0) is 9.53 Å². The molecule has 0 bridgehead atoms. The lowest BCUT2D eigenvalue weighted by atomic mass is 10.1. The zero-order chi connectivity index (χ0) is 21.5. The van der Waals surface area contributed by atoms with Crippen molar-refractivity contribution < 1.29 is 23.8 Å². The van der Waals surface area contributed by atoms with Crippen molar-refractivity contribution in [2.24, 2.45) is 0 Å². The third-order valence-electron chi connectivity index (χ3n) is 4.23. The first-order chi connectivity index (χ1) is 14.5. The van der Waals surface area contributed by atoms with Crippen LogP contribution in [0.25, 0.3) is 11.3 Å². The van der Waals surface area contributed by atoms with E-state index in [9.17, 15) is 9.59 Å². The van der Waals surface area contributed by atoms with E-state index in [-0.39, 0.29) is 24.8 Å². The smallest absolute Gasteiger partial charge is 0.361 e. The number of carbonyl (C=O) groups is 2. The number of para-hydroxylation sites is 1. The van der Waals surface area contributed by atoms with Gasteiger partial charge in [0.2, 0.25) is 0 Å². The summed E-state index contributed by atoms with van der Waals surface area (Å²) in [5, 5.41) is 13.1. The van der Waals surface area contributed by atoms with E-state index in [0.29, 0.717) is 22.8 Å². The zero-order valence-corrected chi connectivity index (χ0v) is 16.9. The monoisotopic (exact) mass is 410 g/mol. The summed E-state index contributed by atoms with van der Waals surface area (Å²) in [4.78, 5) is 24.2. The molecule has 2 N–H and O–H groups in total. The van der Waals surface area contributed by atoms with Crippen molar-refractivity contribution in [2.75, 3.05) is 25.6 Å². The van der Waals surface area contributed by atoms with Crippen molar-refractivity contribution in [3.05, 3.63) is 53.7 Å². The first-order valence-corrected chi connectivity index (χ1v) is 9.28. The number of nitrogens with one attached hydrogen (secondary N) is 2. The molecule has 0 aliphatic carbocycles. The van der Waals surface area contributed by atoms with E-state index in [4.69, 9.17) is 14.2 Å². The third-order valence-corrected chi connectivity index (χ3v) is 4.23. The standard InChI is InChI=1S/C21H22N4O5/c1-4-29-21(27)20-19(23-25-24-20)14-9-10-16(17(11-14)28-3)30-12-18(26)22-15-8-6-5-7-13(15)2/h5-11H,4,12H2,1-3H3,(H,22,26)(H,23,24,25). The highest BCUT2D eigenvalue weighted by molar-refractivity contribution is 5.94. The van der Waals surface area contributed by atoms with Crippen LogP contribution in [0.15, 0.2) is 42.5 Å². The Hall–Kier alpha value is -3.88. The number of ether oxygens (including phenoxy) is 3. The second kappa shape index (κ2) is 9.55. The molecule has 3 rings (SSSR count). The minimum Gasteiger partial charge on any atom is -0.493 e. The minimum atomic E-state index is -0.576. The first-order valence-electron chi connectivity index (χ1n) is 9.28. The lowest BCUT2D eigenvalue weighted by molar-refractivity contribution is -0.118. The Bertz CT molecular complexity index is 1050. The first kappa shape index (κ1) is 20.8. The van der Waals surface area contributed by atoms with E-state index >= 15 is 0 Å². The van der Waals surface area contributed by atoms with Crippen LogP contribution in [-0.4, -0.2) is 47.6 Å². The molecule has 0 fully saturated rings. The van der Waals surface area contributed by atoms with Gasteiger partial charge in [-0.2, -0.15) is 10.3 Å². The molecule has 0 atom stereocenters. The summed E-state index contributed by atoms with van der Waals surface area (Å²) in [6.45, 7) is 3.66. The van der Waals surface area contributed by atoms with Crippen LogP contribution in [0, 0.1) is 6.92 Å². The maximum Gasteiger partial charge on any atom is 0.361 e. The van der Waals surface area contributed by atoms with Gasteiger partial charge in [0.15, 0.2) is 23.8 Å². The second-order valence-electron chi connectivity index (χ2n) is 6.26. The van der Waals surface area contributed by atoms with Crippen molar-refractivity contribution in [3.8, 4) is 22.8 Å². The van der Waals surface area contributed by atoms with Crippen molar-refractivity contribution in [1.29, 1.82) is 0 Å². The van der Waals surface area contributed by atoms with Crippen LogP contribution in [0.2, 0.25) is 0 Å². The molecule has 1 aromatic heterocycles. The summed E-state index contributed by atoms with van der Waals surface area (Å²) in [7, 11) is 1.48. The zero-order valence-electron chi connectivity index (χ0n) is 16.9. The molecule has 0 spiro atoms. The lowest BCUT2D eigenvalue weighted by Crippen LogP contribution is -2.20. The molecule has 1 heterocycles. The molecule has 0 unspecified atom stereocenters. The number of aromatic nitrogens is 3. The Morgan fingerprint density at radius 2 is 1.90 bits per heavy atom. The predicted octanol–water partition coefficient (Wildman–Crippen LogP) is 2.98. The number of benzene rings is 2. The number of rotatable bonds is 8. The maximum absolute atomic E-state index is 12.2. The Morgan fingerprint density at radius 3 is 2.63 bits per heavy atom. The van der Waals surface area contributed by atoms with Gasteiger partial charge in [0.25, 0.3) is 5.91 Å². The Balaban J connectivity index is 1.72. The maximum atomic E-state index is 12.2. The molecule has 3 aromatic rings. The number of aromatic amines is 1. The second-order valence-corrected chi connectivity index (χ2v) is 6.26. The number of hydrogen-bond acceptors (Lipinski definition) is 7. The van der Waals surface area contributed by atoms with Gasteiger partial charge in [-0.05, 0) is 43.7 Å². The molecular formula is C21H22N4O5. The number of hydrogen-bond donors (Lipinski definition) is 2. The fourth-order valence-electron chi connectivity index (χ4n) is 2.75. The molecule has 0 aliphatic rings. The SMILES string of the molecule is CCOC(=O)c1n[nH]nc1-c1ccc(OCC(=O)Nc2ccccc2C)c(OC)c1. The molecule has 0 radical (unpaired) electrons. The van der Waals surface area contributed by atoms with Crippen LogP contribution in [0.4, 0.5) is 5.69 Å². The average Bonchev–Trinajstić information content (AvgIpc) is 3.24. The molecule has 0 saturated carbocycles. The summed E-state index contributed by atoms with van der Waals surface area (Å²) in [5.74, 6) is -0.110. The lowest BCUT2D eigenvalue weighted by Gasteiger charge is -2.13. The van der Waals surface area contributed by atoms with Crippen LogP contribution < -0.4 is 14.8 Å². The van der Waals surface area contributed by atoms with Gasteiger partial charge in [-0.3, -0.25) is 4.79 Å². The highest BCUT2D eigenvalue weighted by Gasteiger charge is 2.20. The van der Waals surface area contributed by atoms with Crippen molar-refractivity contribution in [3.63, 3.8) is 0 Å². The summed E-state index contributed by atoms with van der Waals surface area (Å²) < 4.78 is 16.0. The highest BCUT2D eigenvalue weighted by Crippen LogP contribution is 2.32. The molecule has 0 aliphatic heterocycles. The number of anilines is 1. The van der Waals surface area contributed by atoms with E-state index in [1.807, 2.05) is 31.2 Å². The Labute approximate surface area is 173 Å². The van der Waals surface area contributed by atoms with Gasteiger partial charge in [-0.25, -0.2) is 4.79 Å². The normalized spacial score (nSPS) is 10.4. The van der Waals surface area contributed by atoms with Crippen LogP contribution in [0.3, 0.4) is 0 Å². The highest BCUT2D eigenvalue weighted by atomic mass is 16.5. The molecule has 1 amide bonds. The van der Waals surface area contributed by atoms with Crippen LogP contribution >= 0.6 is 0 Å². The number of carbonyl (C=O) groups excluding carboxylic acids is 2. The molecule has 0 saturated heterocycles. The van der Waals surface area contributed by atoms with Gasteiger partial charge in [-0.15, -0.1) is 5.10 Å². The quantitative estimate of drug-likeness (QED) is 0.549. The minimum absolute atomic E-state index is 0.0742. The Kier molecular flexibility index (Phi) is 6.63. The molecular weight excluding hydrogens is 388 g/mol. The van der Waals surface area contributed by atoms with Crippen molar-refractivity contribution >= 4 is 17.6 Å². The number of amides is 1. The number of methoxy groups -OCH3 is 1. The number of aryl methyl sites for hydroxylation is 1. The summed E-state index contributed by atoms with van der Waals surface area (Å²) in [5.41, 5.74) is 2.67. The van der Waals surface area contributed by atoms with Crippen molar-refractivity contribution in [2.45, 2.75) is 13.8 Å². The number of H-pyrrole nitrogens is 1. The van der Waals surface area contributed by atoms with E-state index in [1.54, 1.807) is 25.1 Å². The average molecular weight is 410 g/mol. The Morgan fingerprint density at radius 1 is 1.10 bits per heavy atom. The van der Waals surface area contributed by atoms with Crippen LogP contribution in [0.5, 0.6) is 11.5 Å². The topological polar surface area (TPSA) is 115 Å². The largest absolute Gasteiger partial charge is 0.493 e. The predicted molar refractivity (Wildman–Crippen MR) is 110 cm³/mol. The molecule has 156 valence electrons. The van der Waals surface area contributed by atoms with E-state index < -0.39 is 5.97 Å². The summed E-state index contributed by atoms with van der Waals surface area (Å²) in [6, 6.07) is 12.5. The van der Waals surface area contributed by atoms with Gasteiger partial charge < -0.3 is 19.5 Å². The molecule has 2 aromatic carbocycles. The van der Waals surface area contributed by atoms with E-state index in [1.165, 1.54) is 7.11 Å². The fourth-order valence-corrected chi connectivity index (χ4v) is 2.75. The van der Waals surface area contributed by atoms with Crippen LogP contribution in [0.1, 0.15) is 23.0 Å². The van der Waals surface area contributed by atoms with Gasteiger partial charge in [0.05, 0.1) is 13.7 Å². The number of nitrogens with zero attached hydrogens (tertiary/aromatic N) is 2. The van der Waals surface area contributed by atoms with Gasteiger partial charge >= 0.3 is 5.97 Å². The van der Waals surface area contributed by atoms with E-state index in [0.717, 1.165) is 11.3 Å². The molecule has 9 heteroatoms.